The van der Waals surface area contributed by atoms with E-state index in [4.69, 9.17) is 4.74 Å². The Morgan fingerprint density at radius 1 is 1.21 bits per heavy atom. The molecule has 104 valence electrons. The third kappa shape index (κ3) is 5.76. The number of hydrogen-bond acceptors (Lipinski definition) is 3. The molecule has 0 atom stereocenters. The second kappa shape index (κ2) is 6.08. The highest BCUT2D eigenvalue weighted by atomic mass is 16.6. The van der Waals surface area contributed by atoms with Gasteiger partial charge < -0.3 is 20.7 Å². The molecule has 0 unspecified atom stereocenters. The van der Waals surface area contributed by atoms with Crippen LogP contribution in [0.25, 0.3) is 0 Å². The van der Waals surface area contributed by atoms with Crippen LogP contribution in [0.2, 0.25) is 0 Å². The van der Waals surface area contributed by atoms with Gasteiger partial charge in [-0.05, 0) is 32.9 Å². The first-order chi connectivity index (χ1) is 8.80. The van der Waals surface area contributed by atoms with Crippen molar-refractivity contribution in [3.05, 3.63) is 24.3 Å². The van der Waals surface area contributed by atoms with Gasteiger partial charge in [-0.1, -0.05) is 6.07 Å². The van der Waals surface area contributed by atoms with Crippen molar-refractivity contribution < 1.29 is 14.3 Å². The van der Waals surface area contributed by atoms with E-state index in [1.165, 1.54) is 7.05 Å². The van der Waals surface area contributed by atoms with Crippen LogP contribution in [0.1, 0.15) is 20.8 Å². The van der Waals surface area contributed by atoms with E-state index in [1.54, 1.807) is 24.3 Å². The normalized spacial score (nSPS) is 10.5. The smallest absolute Gasteiger partial charge is 0.410 e. The molecule has 0 aliphatic carbocycles. The zero-order valence-electron chi connectivity index (χ0n) is 11.5. The summed E-state index contributed by atoms with van der Waals surface area (Å²) >= 11 is 0. The summed E-state index contributed by atoms with van der Waals surface area (Å²) in [5, 5.41) is 7.70. The van der Waals surface area contributed by atoms with Gasteiger partial charge in [-0.25, -0.2) is 9.59 Å². The number of hydrogen-bond donors (Lipinski definition) is 3. The Morgan fingerprint density at radius 3 is 2.47 bits per heavy atom. The maximum Gasteiger partial charge on any atom is 0.413 e. The second-order valence-corrected chi connectivity index (χ2v) is 5.00. The predicted octanol–water partition coefficient (Wildman–Crippen LogP) is 2.32. The quantitative estimate of drug-likeness (QED) is 0.767. The lowest BCUT2D eigenvalue weighted by Gasteiger charge is -2.19. The number of carbonyl (C=O) groups excluding carboxylic acids is 2. The van der Waals surface area contributed by atoms with Gasteiger partial charge >= 0.3 is 12.1 Å². The molecule has 3 amide bonds. The van der Waals surface area contributed by atoms with Gasteiger partial charge in [0.1, 0.15) is 5.75 Å². The molecule has 19 heavy (non-hydrogen) atoms. The first kappa shape index (κ1) is 14.8. The Kier molecular flexibility index (Phi) is 4.74. The third-order valence-electron chi connectivity index (χ3n) is 2.01. The maximum absolute atomic E-state index is 11.6. The Hall–Kier alpha value is -2.24. The molecule has 0 bridgehead atoms. The molecule has 0 spiro atoms. The molecule has 0 saturated carbocycles. The number of urea groups is 1. The highest BCUT2D eigenvalue weighted by Gasteiger charge is 2.15. The van der Waals surface area contributed by atoms with Gasteiger partial charge in [0, 0.05) is 24.3 Å². The maximum atomic E-state index is 11.6. The molecular weight excluding hydrogens is 246 g/mol. The SMILES string of the molecule is CNC(=O)Nc1cccc(OC(=O)NC(C)(C)C)c1. The summed E-state index contributed by atoms with van der Waals surface area (Å²) < 4.78 is 5.12. The number of amides is 3. The molecule has 1 aromatic rings. The number of benzene rings is 1. The molecule has 0 saturated heterocycles. The first-order valence-corrected chi connectivity index (χ1v) is 5.89. The Bertz CT molecular complexity index is 466. The minimum Gasteiger partial charge on any atom is -0.410 e. The fraction of sp³-hybridized carbons (Fsp3) is 0.385. The average molecular weight is 265 g/mol. The summed E-state index contributed by atoms with van der Waals surface area (Å²) in [6.45, 7) is 5.58. The molecule has 3 N–H and O–H groups in total. The van der Waals surface area contributed by atoms with Crippen molar-refractivity contribution in [2.24, 2.45) is 0 Å². The van der Waals surface area contributed by atoms with Crippen LogP contribution in [0.3, 0.4) is 0 Å². The van der Waals surface area contributed by atoms with Crippen molar-refractivity contribution in [3.8, 4) is 5.75 Å². The van der Waals surface area contributed by atoms with Gasteiger partial charge in [-0.3, -0.25) is 0 Å². The van der Waals surface area contributed by atoms with E-state index >= 15 is 0 Å². The molecule has 0 aliphatic rings. The summed E-state index contributed by atoms with van der Waals surface area (Å²) in [4.78, 5) is 22.7. The van der Waals surface area contributed by atoms with E-state index in [-0.39, 0.29) is 11.6 Å². The summed E-state index contributed by atoms with van der Waals surface area (Å²) in [5.74, 6) is 0.357. The highest BCUT2D eigenvalue weighted by Crippen LogP contribution is 2.17. The Balaban J connectivity index is 2.67. The minimum atomic E-state index is -0.537. The van der Waals surface area contributed by atoms with Crippen molar-refractivity contribution in [2.45, 2.75) is 26.3 Å². The first-order valence-electron chi connectivity index (χ1n) is 5.89. The standard InChI is InChI=1S/C13H19N3O3/c1-13(2,3)16-12(18)19-10-7-5-6-9(8-10)15-11(17)14-4/h5-8H,1-4H3,(H,16,18)(H2,14,15,17). The summed E-state index contributed by atoms with van der Waals surface area (Å²) in [6, 6.07) is 6.25. The van der Waals surface area contributed by atoms with E-state index in [0.29, 0.717) is 11.4 Å². The van der Waals surface area contributed by atoms with E-state index in [2.05, 4.69) is 16.0 Å². The van der Waals surface area contributed by atoms with Crippen LogP contribution < -0.4 is 20.7 Å². The second-order valence-electron chi connectivity index (χ2n) is 5.00. The topological polar surface area (TPSA) is 79.5 Å². The fourth-order valence-corrected chi connectivity index (χ4v) is 1.27. The van der Waals surface area contributed by atoms with Crippen LogP contribution in [0.15, 0.2) is 24.3 Å². The van der Waals surface area contributed by atoms with Crippen molar-refractivity contribution >= 4 is 17.8 Å². The lowest BCUT2D eigenvalue weighted by atomic mass is 10.1. The van der Waals surface area contributed by atoms with E-state index in [9.17, 15) is 9.59 Å². The minimum absolute atomic E-state index is 0.337. The van der Waals surface area contributed by atoms with Crippen molar-refractivity contribution in [1.82, 2.24) is 10.6 Å². The summed E-state index contributed by atoms with van der Waals surface area (Å²) in [6.07, 6.45) is -0.537. The van der Waals surface area contributed by atoms with Crippen molar-refractivity contribution in [2.75, 3.05) is 12.4 Å². The van der Waals surface area contributed by atoms with E-state index in [0.717, 1.165) is 0 Å². The van der Waals surface area contributed by atoms with Crippen LogP contribution in [-0.4, -0.2) is 24.7 Å². The molecule has 0 aromatic heterocycles. The van der Waals surface area contributed by atoms with E-state index < -0.39 is 6.09 Å². The van der Waals surface area contributed by atoms with Crippen LogP contribution in [-0.2, 0) is 0 Å². The molecule has 0 heterocycles. The monoisotopic (exact) mass is 265 g/mol. The number of carbonyl (C=O) groups is 2. The summed E-state index contributed by atoms with van der Waals surface area (Å²) in [5.41, 5.74) is 0.176. The van der Waals surface area contributed by atoms with Gasteiger partial charge in [-0.15, -0.1) is 0 Å². The molecule has 0 radical (unpaired) electrons. The highest BCUT2D eigenvalue weighted by molar-refractivity contribution is 5.89. The van der Waals surface area contributed by atoms with Crippen LogP contribution in [0.5, 0.6) is 5.75 Å². The molecular formula is C13H19N3O3. The van der Waals surface area contributed by atoms with Gasteiger partial charge in [0.15, 0.2) is 0 Å². The third-order valence-corrected chi connectivity index (χ3v) is 2.01. The van der Waals surface area contributed by atoms with Crippen molar-refractivity contribution in [1.29, 1.82) is 0 Å². The van der Waals surface area contributed by atoms with Crippen LogP contribution >= 0.6 is 0 Å². The Labute approximate surface area is 112 Å². The fourth-order valence-electron chi connectivity index (χ4n) is 1.27. The van der Waals surface area contributed by atoms with Crippen molar-refractivity contribution in [3.63, 3.8) is 0 Å². The molecule has 1 rings (SSSR count). The summed E-state index contributed by atoms with van der Waals surface area (Å²) in [7, 11) is 1.52. The molecule has 0 aliphatic heterocycles. The lowest BCUT2D eigenvalue weighted by Crippen LogP contribution is -2.42. The van der Waals surface area contributed by atoms with E-state index in [1.807, 2.05) is 20.8 Å². The number of anilines is 1. The molecule has 1 aromatic carbocycles. The van der Waals surface area contributed by atoms with Crippen LogP contribution in [0, 0.1) is 0 Å². The van der Waals surface area contributed by atoms with Gasteiger partial charge in [0.25, 0.3) is 0 Å². The zero-order chi connectivity index (χ0) is 14.5. The number of nitrogens with one attached hydrogen (secondary N) is 3. The van der Waals surface area contributed by atoms with Gasteiger partial charge in [-0.2, -0.15) is 0 Å². The average Bonchev–Trinajstić information content (AvgIpc) is 2.26. The van der Waals surface area contributed by atoms with Gasteiger partial charge in [0.2, 0.25) is 0 Å². The Morgan fingerprint density at radius 2 is 1.89 bits per heavy atom. The lowest BCUT2D eigenvalue weighted by molar-refractivity contribution is 0.190. The number of ether oxygens (including phenoxy) is 1. The predicted molar refractivity (Wildman–Crippen MR) is 73.4 cm³/mol. The molecule has 0 fully saturated rings. The van der Waals surface area contributed by atoms with Crippen LogP contribution in [0.4, 0.5) is 15.3 Å². The largest absolute Gasteiger partial charge is 0.413 e. The van der Waals surface area contributed by atoms with Gasteiger partial charge in [0.05, 0.1) is 0 Å². The zero-order valence-corrected chi connectivity index (χ0v) is 11.5. The molecule has 6 heteroatoms. The number of rotatable bonds is 2. The molecule has 6 nitrogen and oxygen atoms in total.